The predicted octanol–water partition coefficient (Wildman–Crippen LogP) is 1.02. The first-order valence-electron chi connectivity index (χ1n) is 5.86. The second kappa shape index (κ2) is 6.44. The molecule has 6 heteroatoms. The van der Waals surface area contributed by atoms with Crippen molar-refractivity contribution in [2.24, 2.45) is 0 Å². The molecule has 0 N–H and O–H groups in total. The molecule has 0 spiro atoms. The largest absolute Gasteiger partial charge is 0.449 e. The van der Waals surface area contributed by atoms with Gasteiger partial charge in [-0.3, -0.25) is 14.5 Å². The summed E-state index contributed by atoms with van der Waals surface area (Å²) in [5.74, 6) is -0.216. The van der Waals surface area contributed by atoms with E-state index in [1.807, 2.05) is 6.92 Å². The van der Waals surface area contributed by atoms with Crippen molar-refractivity contribution < 1.29 is 19.2 Å². The molecular formula is C11H20N2O4. The van der Waals surface area contributed by atoms with Crippen LogP contribution >= 0.6 is 0 Å². The van der Waals surface area contributed by atoms with Crippen molar-refractivity contribution in [2.75, 3.05) is 27.3 Å². The number of unbranched alkanes of at least 4 members (excludes halogenated alkanes) is 1. The van der Waals surface area contributed by atoms with E-state index in [1.54, 1.807) is 0 Å². The highest BCUT2D eigenvalue weighted by atomic mass is 16.7. The van der Waals surface area contributed by atoms with Gasteiger partial charge in [-0.05, 0) is 12.8 Å². The van der Waals surface area contributed by atoms with Crippen LogP contribution in [0, 0.1) is 0 Å². The molecule has 2 amide bonds. The number of ether oxygens (including phenoxy) is 1. The summed E-state index contributed by atoms with van der Waals surface area (Å²) < 4.78 is 5.06. The van der Waals surface area contributed by atoms with Crippen molar-refractivity contribution in [2.45, 2.75) is 32.2 Å². The Kier molecular flexibility index (Phi) is 5.21. The zero-order valence-electron chi connectivity index (χ0n) is 10.6. The Bertz CT molecular complexity index is 283. The molecule has 0 unspecified atom stereocenters. The van der Waals surface area contributed by atoms with Gasteiger partial charge in [0.15, 0.2) is 0 Å². The summed E-state index contributed by atoms with van der Waals surface area (Å²) in [5, 5.41) is 1.14. The maximum absolute atomic E-state index is 11.8. The minimum atomic E-state index is -0.436. The highest BCUT2D eigenvalue weighted by Gasteiger charge is 2.40. The van der Waals surface area contributed by atoms with Gasteiger partial charge in [0.25, 0.3) is 5.91 Å². The number of carbonyl (C=O) groups excluding carboxylic acids is 2. The third-order valence-corrected chi connectivity index (χ3v) is 2.85. The lowest BCUT2D eigenvalue weighted by molar-refractivity contribution is -0.177. The summed E-state index contributed by atoms with van der Waals surface area (Å²) in [6.45, 7) is 3.00. The van der Waals surface area contributed by atoms with Crippen LogP contribution in [-0.2, 0) is 14.4 Å². The molecule has 1 atom stereocenters. The fourth-order valence-corrected chi connectivity index (χ4v) is 1.55. The molecule has 1 rings (SSSR count). The second-order valence-electron chi connectivity index (χ2n) is 3.98. The van der Waals surface area contributed by atoms with Gasteiger partial charge < -0.3 is 4.74 Å². The number of hydrogen-bond donors (Lipinski definition) is 0. The standard InChI is InChI=1S/C11H20N2O4/c1-4-5-8-17-11(15)13-7-6-9(13)10(14)12(2)16-3/h9H,4-8H2,1-3H3/t9-/m0/s1. The first kappa shape index (κ1) is 13.8. The lowest BCUT2D eigenvalue weighted by atomic mass is 10.0. The molecule has 0 aromatic heterocycles. The average molecular weight is 244 g/mol. The van der Waals surface area contributed by atoms with Crippen molar-refractivity contribution in [1.82, 2.24) is 9.96 Å². The quantitative estimate of drug-likeness (QED) is 0.535. The molecular weight excluding hydrogens is 224 g/mol. The van der Waals surface area contributed by atoms with Gasteiger partial charge in [-0.25, -0.2) is 9.86 Å². The van der Waals surface area contributed by atoms with E-state index in [0.717, 1.165) is 17.9 Å². The number of hydrogen-bond acceptors (Lipinski definition) is 4. The summed E-state index contributed by atoms with van der Waals surface area (Å²) in [6, 6.07) is -0.436. The van der Waals surface area contributed by atoms with E-state index in [2.05, 4.69) is 0 Å². The van der Waals surface area contributed by atoms with E-state index < -0.39 is 12.1 Å². The SMILES string of the molecule is CCCCOC(=O)N1CC[C@H]1C(=O)N(C)OC. The average Bonchev–Trinajstić information content (AvgIpc) is 2.26. The highest BCUT2D eigenvalue weighted by Crippen LogP contribution is 2.20. The van der Waals surface area contributed by atoms with Crippen LogP contribution in [0.1, 0.15) is 26.2 Å². The van der Waals surface area contributed by atoms with Crippen LogP contribution in [0.4, 0.5) is 4.79 Å². The lowest BCUT2D eigenvalue weighted by Crippen LogP contribution is -2.58. The van der Waals surface area contributed by atoms with E-state index in [4.69, 9.17) is 9.57 Å². The minimum Gasteiger partial charge on any atom is -0.449 e. The summed E-state index contributed by atoms with van der Waals surface area (Å²) >= 11 is 0. The Labute approximate surface area is 101 Å². The Hall–Kier alpha value is -1.30. The Morgan fingerprint density at radius 1 is 1.47 bits per heavy atom. The number of hydroxylamine groups is 2. The zero-order valence-corrected chi connectivity index (χ0v) is 10.6. The molecule has 0 bridgehead atoms. The number of nitrogens with zero attached hydrogens (tertiary/aromatic N) is 2. The van der Waals surface area contributed by atoms with Crippen LogP contribution < -0.4 is 0 Å². The fourth-order valence-electron chi connectivity index (χ4n) is 1.55. The number of carbonyl (C=O) groups is 2. The van der Waals surface area contributed by atoms with Crippen molar-refractivity contribution in [3.05, 3.63) is 0 Å². The minimum absolute atomic E-state index is 0.216. The van der Waals surface area contributed by atoms with Crippen LogP contribution in [-0.4, -0.2) is 55.3 Å². The molecule has 0 aliphatic carbocycles. The first-order chi connectivity index (χ1) is 8.11. The maximum Gasteiger partial charge on any atom is 0.410 e. The van der Waals surface area contributed by atoms with Gasteiger partial charge in [0.2, 0.25) is 0 Å². The fraction of sp³-hybridized carbons (Fsp3) is 0.818. The molecule has 0 radical (unpaired) electrons. The maximum atomic E-state index is 11.8. The third kappa shape index (κ3) is 3.33. The summed E-state index contributed by atoms with van der Waals surface area (Å²) in [4.78, 5) is 29.6. The van der Waals surface area contributed by atoms with Gasteiger partial charge in [0, 0.05) is 13.6 Å². The van der Waals surface area contributed by atoms with Gasteiger partial charge in [-0.1, -0.05) is 13.3 Å². The van der Waals surface area contributed by atoms with Crippen molar-refractivity contribution in [1.29, 1.82) is 0 Å². The van der Waals surface area contributed by atoms with Crippen molar-refractivity contribution >= 4 is 12.0 Å². The molecule has 1 fully saturated rings. The molecule has 0 saturated carbocycles. The topological polar surface area (TPSA) is 59.1 Å². The van der Waals surface area contributed by atoms with Crippen molar-refractivity contribution in [3.63, 3.8) is 0 Å². The molecule has 1 aliphatic heterocycles. The normalized spacial score (nSPS) is 18.5. The van der Waals surface area contributed by atoms with E-state index in [1.165, 1.54) is 19.1 Å². The molecule has 98 valence electrons. The molecule has 17 heavy (non-hydrogen) atoms. The molecule has 0 aromatic carbocycles. The summed E-state index contributed by atoms with van der Waals surface area (Å²) in [5.41, 5.74) is 0. The van der Waals surface area contributed by atoms with Crippen LogP contribution in [0.2, 0.25) is 0 Å². The summed E-state index contributed by atoms with van der Waals surface area (Å²) in [6.07, 6.45) is 2.07. The van der Waals surface area contributed by atoms with Crippen LogP contribution in [0.3, 0.4) is 0 Å². The Morgan fingerprint density at radius 2 is 2.18 bits per heavy atom. The van der Waals surface area contributed by atoms with Crippen LogP contribution in [0.15, 0.2) is 0 Å². The van der Waals surface area contributed by atoms with E-state index in [-0.39, 0.29) is 5.91 Å². The lowest BCUT2D eigenvalue weighted by Gasteiger charge is -2.39. The number of likely N-dealkylation sites (tertiary alicyclic amines) is 1. The van der Waals surface area contributed by atoms with Gasteiger partial charge in [-0.2, -0.15) is 0 Å². The van der Waals surface area contributed by atoms with Gasteiger partial charge in [0.05, 0.1) is 13.7 Å². The molecule has 1 saturated heterocycles. The van der Waals surface area contributed by atoms with Crippen molar-refractivity contribution in [3.8, 4) is 0 Å². The van der Waals surface area contributed by atoms with Crippen LogP contribution in [0.25, 0.3) is 0 Å². The van der Waals surface area contributed by atoms with Crippen LogP contribution in [0.5, 0.6) is 0 Å². The number of amides is 2. The van der Waals surface area contributed by atoms with Gasteiger partial charge in [0.1, 0.15) is 6.04 Å². The molecule has 6 nitrogen and oxygen atoms in total. The number of likely N-dealkylation sites (N-methyl/N-ethyl adjacent to an activating group) is 1. The highest BCUT2D eigenvalue weighted by molar-refractivity contribution is 5.86. The first-order valence-corrected chi connectivity index (χ1v) is 5.86. The second-order valence-corrected chi connectivity index (χ2v) is 3.98. The smallest absolute Gasteiger partial charge is 0.410 e. The van der Waals surface area contributed by atoms with E-state index in [9.17, 15) is 9.59 Å². The van der Waals surface area contributed by atoms with E-state index >= 15 is 0 Å². The molecule has 1 aliphatic rings. The van der Waals surface area contributed by atoms with Gasteiger partial charge in [-0.15, -0.1) is 0 Å². The Balaban J connectivity index is 2.40. The molecule has 1 heterocycles. The molecule has 0 aromatic rings. The zero-order chi connectivity index (χ0) is 12.8. The Morgan fingerprint density at radius 3 is 2.65 bits per heavy atom. The number of rotatable bonds is 5. The monoisotopic (exact) mass is 244 g/mol. The predicted molar refractivity (Wildman–Crippen MR) is 61.1 cm³/mol. The summed E-state index contributed by atoms with van der Waals surface area (Å²) in [7, 11) is 2.95. The van der Waals surface area contributed by atoms with E-state index in [0.29, 0.717) is 19.6 Å². The van der Waals surface area contributed by atoms with Gasteiger partial charge >= 0.3 is 6.09 Å². The third-order valence-electron chi connectivity index (χ3n) is 2.85.